The van der Waals surface area contributed by atoms with E-state index in [9.17, 15) is 42.9 Å². The molecule has 0 N–H and O–H groups in total. The molecule has 5 aromatic carbocycles. The van der Waals surface area contributed by atoms with Crippen LogP contribution in [0.4, 0.5) is 10.1 Å². The second-order valence-electron chi connectivity index (χ2n) is 21.4. The second kappa shape index (κ2) is 31.1. The molecule has 3 aliphatic heterocycles. The van der Waals surface area contributed by atoms with E-state index in [1.807, 2.05) is 30.3 Å². The van der Waals surface area contributed by atoms with Crippen molar-refractivity contribution in [1.82, 2.24) is 0 Å². The number of nitrogens with zero attached hydrogens (tertiary/aromatic N) is 1. The first-order valence-electron chi connectivity index (χ1n) is 29.0. The summed E-state index contributed by atoms with van der Waals surface area (Å²) in [7, 11) is 0.800. The molecule has 3 aliphatic rings. The molecule has 93 heavy (non-hydrogen) atoms. The van der Waals surface area contributed by atoms with Gasteiger partial charge < -0.3 is 75.5 Å². The summed E-state index contributed by atoms with van der Waals surface area (Å²) in [4.78, 5) is 123. The van der Waals surface area contributed by atoms with Gasteiger partial charge in [0.25, 0.3) is 0 Å². The number of carbonyl (C=O) groups is 9. The summed E-state index contributed by atoms with van der Waals surface area (Å²) in [5.41, 5.74) is 2.67. The van der Waals surface area contributed by atoms with E-state index >= 15 is 9.18 Å². The first kappa shape index (κ1) is 69.9. The summed E-state index contributed by atoms with van der Waals surface area (Å²) in [6, 6.07) is 32.7. The fourth-order valence-corrected chi connectivity index (χ4v) is 12.3. The maximum absolute atomic E-state index is 15.9. The van der Waals surface area contributed by atoms with E-state index in [1.54, 1.807) is 72.8 Å². The molecule has 1 amide bonds. The zero-order valence-corrected chi connectivity index (χ0v) is 53.0. The average Bonchev–Trinajstić information content (AvgIpc) is 0.727. The zero-order chi connectivity index (χ0) is 67.4. The predicted octanol–water partition coefficient (Wildman–Crippen LogP) is 6.81. The number of esters is 8. The summed E-state index contributed by atoms with van der Waals surface area (Å²) in [5, 5.41) is 0.268. The highest BCUT2D eigenvalue weighted by Crippen LogP contribution is 2.52. The molecule has 0 radical (unpaired) electrons. The molecule has 0 aromatic heterocycles. The van der Waals surface area contributed by atoms with Gasteiger partial charge in [-0.05, 0) is 64.7 Å². The molecule has 0 aliphatic carbocycles. The van der Waals surface area contributed by atoms with Crippen LogP contribution in [0.3, 0.4) is 0 Å². The minimum absolute atomic E-state index is 0.0296. The van der Waals surface area contributed by atoms with Crippen LogP contribution < -0.4 is 14.9 Å². The highest BCUT2D eigenvalue weighted by atomic mass is 31.2. The third-order valence-electron chi connectivity index (χ3n) is 15.1. The lowest BCUT2D eigenvalue weighted by Gasteiger charge is -2.52. The Labute approximate surface area is 533 Å². The van der Waals surface area contributed by atoms with Gasteiger partial charge in [-0.1, -0.05) is 84.9 Å². The van der Waals surface area contributed by atoms with Crippen molar-refractivity contribution in [2.45, 2.75) is 134 Å². The minimum atomic E-state index is -3.68. The lowest BCUT2D eigenvalue weighted by molar-refractivity contribution is -0.324. The van der Waals surface area contributed by atoms with E-state index in [4.69, 9.17) is 70.6 Å². The average molecular weight is 1310 g/mol. The van der Waals surface area contributed by atoms with Gasteiger partial charge in [0.2, 0.25) is 12.2 Å². The van der Waals surface area contributed by atoms with E-state index in [1.165, 1.54) is 31.3 Å². The van der Waals surface area contributed by atoms with Crippen LogP contribution in [0, 0.1) is 11.7 Å². The molecule has 4 unspecified atom stereocenters. The molecule has 3 fully saturated rings. The van der Waals surface area contributed by atoms with Gasteiger partial charge in [0, 0.05) is 73.4 Å². The Hall–Kier alpha value is -8.95. The van der Waals surface area contributed by atoms with Crippen molar-refractivity contribution in [2.75, 3.05) is 33.3 Å². The number of amides is 1. The molecule has 0 bridgehead atoms. The topological polar surface area (TPSA) is 312 Å². The van der Waals surface area contributed by atoms with E-state index in [-0.39, 0.29) is 23.2 Å². The highest BCUT2D eigenvalue weighted by Gasteiger charge is 2.61. The molecule has 0 saturated carbocycles. The van der Waals surface area contributed by atoms with Gasteiger partial charge in [0.1, 0.15) is 18.2 Å². The molecule has 28 heteroatoms. The van der Waals surface area contributed by atoms with Gasteiger partial charge in [-0.3, -0.25) is 38.1 Å². The number of anilines is 1. The Morgan fingerprint density at radius 1 is 0.538 bits per heavy atom. The Bertz CT molecular complexity index is 3550. The van der Waals surface area contributed by atoms with Crippen molar-refractivity contribution in [2.24, 2.45) is 5.92 Å². The summed E-state index contributed by atoms with van der Waals surface area (Å²) in [6.45, 7) is 5.88. The van der Waals surface area contributed by atoms with Crippen LogP contribution in [0.2, 0.25) is 0 Å². The maximum atomic E-state index is 15.9. The Morgan fingerprint density at radius 2 is 0.989 bits per heavy atom. The molecule has 0 spiro atoms. The van der Waals surface area contributed by atoms with Gasteiger partial charge in [-0.25, -0.2) is 14.0 Å². The number of halogens is 1. The van der Waals surface area contributed by atoms with Crippen LogP contribution >= 0.6 is 7.60 Å². The SMILES string of the molecule is COC(=O)C1O[C@H](O[C@@H](C[C@@H](O[C@H]2OC(C(=O)OC)[C@H](OC(C)=O)C(OC(C)=O)[C@H]2OC(C)=O)[C@H]2C(=O)N(c3ccccc3)[C@@H]2c2ccc(-c3ccc(P(=O)(OC)OC)cc3)cc2OCc2ccccc2)c2ccc(F)cc2)[C@H](OC(C)=O)C(OC(C)=O)[C@H]1OC(C)=O. The van der Waals surface area contributed by atoms with Crippen molar-refractivity contribution in [3.05, 3.63) is 150 Å². The standard InChI is InChI=1S/C65H69FNO25P/c1-34(68)83-53-55(85-36(3)70)59(87-38(5)72)64(91-57(53)62(75)78-7)89-48(42-21-26-44(66)27-22-42)32-50(90-65-60(88-39(6)73)56(86-37(4)71)54(84-35(2)69)58(92-65)63(76)79-8)51-52(67(61(51)74)45-19-15-12-16-20-45)47-30-25-43(31-49(47)82-33-40-17-13-11-14-18-40)41-23-28-46(29-24-41)93(77,80-9)81-10/h11-31,48,50-60,64-65H,32-33H2,1-10H3/t48-,50+,51+,52+,53+,54+,55?,56?,57?,58?,59+,60+,64-,65-/m0/s1. The van der Waals surface area contributed by atoms with Gasteiger partial charge in [0.15, 0.2) is 55.1 Å². The number of benzene rings is 5. The first-order valence-corrected chi connectivity index (χ1v) is 30.5. The quantitative estimate of drug-likeness (QED) is 0.0251. The predicted molar refractivity (Wildman–Crippen MR) is 318 cm³/mol. The minimum Gasteiger partial charge on any atom is -0.489 e. The fourth-order valence-electron chi connectivity index (χ4n) is 11.2. The molecular weight excluding hydrogens is 1240 g/mol. The lowest BCUT2D eigenvalue weighted by Crippen LogP contribution is -2.66. The van der Waals surface area contributed by atoms with Crippen molar-refractivity contribution in [3.63, 3.8) is 0 Å². The Balaban J connectivity index is 1.37. The Kier molecular flexibility index (Phi) is 23.4. The number of hydrogen-bond donors (Lipinski definition) is 0. The van der Waals surface area contributed by atoms with Crippen LogP contribution in [0.15, 0.2) is 127 Å². The third-order valence-corrected chi connectivity index (χ3v) is 17.0. The number of methoxy groups -OCH3 is 2. The molecule has 3 saturated heterocycles. The summed E-state index contributed by atoms with van der Waals surface area (Å²) in [6.07, 6.45) is -23.6. The number of ether oxygens (including phenoxy) is 13. The van der Waals surface area contributed by atoms with E-state index in [0.29, 0.717) is 22.4 Å². The number of carbonyl (C=O) groups excluding carboxylic acids is 9. The number of para-hydroxylation sites is 1. The molecule has 3 heterocycles. The Morgan fingerprint density at radius 3 is 1.46 bits per heavy atom. The van der Waals surface area contributed by atoms with Crippen molar-refractivity contribution < 1.29 is 123 Å². The summed E-state index contributed by atoms with van der Waals surface area (Å²) in [5.74, 6) is -11.2. The van der Waals surface area contributed by atoms with Crippen LogP contribution in [0.25, 0.3) is 11.1 Å². The number of rotatable bonds is 25. The monoisotopic (exact) mass is 1310 g/mol. The molecular formula is C65H69FNO25P. The van der Waals surface area contributed by atoms with Gasteiger partial charge in [0.05, 0.1) is 43.7 Å². The third kappa shape index (κ3) is 16.6. The van der Waals surface area contributed by atoms with Crippen molar-refractivity contribution >= 4 is 72.2 Å². The molecule has 14 atom stereocenters. The van der Waals surface area contributed by atoms with Crippen molar-refractivity contribution in [1.29, 1.82) is 0 Å². The van der Waals surface area contributed by atoms with E-state index in [2.05, 4.69) is 0 Å². The van der Waals surface area contributed by atoms with Crippen LogP contribution in [0.1, 0.15) is 76.8 Å². The largest absolute Gasteiger partial charge is 0.489 e. The van der Waals surface area contributed by atoms with Gasteiger partial charge in [-0.2, -0.15) is 0 Å². The maximum Gasteiger partial charge on any atom is 0.360 e. The molecule has 5 aromatic rings. The van der Waals surface area contributed by atoms with Crippen LogP contribution in [-0.2, 0) is 120 Å². The van der Waals surface area contributed by atoms with E-state index in [0.717, 1.165) is 73.5 Å². The molecule has 26 nitrogen and oxygen atoms in total. The van der Waals surface area contributed by atoms with Gasteiger partial charge >= 0.3 is 55.4 Å². The smallest absolute Gasteiger partial charge is 0.360 e. The van der Waals surface area contributed by atoms with Gasteiger partial charge in [-0.15, -0.1) is 0 Å². The highest BCUT2D eigenvalue weighted by molar-refractivity contribution is 7.62. The lowest BCUT2D eigenvalue weighted by atomic mass is 9.75. The molecule has 8 rings (SSSR count). The normalized spacial score (nSPS) is 24.1. The fraction of sp³-hybridized carbons (Fsp3) is 0.400. The summed E-state index contributed by atoms with van der Waals surface area (Å²) < 4.78 is 116. The number of hydrogen-bond acceptors (Lipinski definition) is 25. The molecule has 496 valence electrons. The second-order valence-corrected chi connectivity index (χ2v) is 23.6. The van der Waals surface area contributed by atoms with Crippen LogP contribution in [0.5, 0.6) is 5.75 Å². The number of β-lactam (4-membered cyclic amide) rings is 1. The van der Waals surface area contributed by atoms with Crippen molar-refractivity contribution in [3.8, 4) is 16.9 Å². The van der Waals surface area contributed by atoms with E-state index < -0.39 is 159 Å². The zero-order valence-electron chi connectivity index (χ0n) is 52.1. The first-order chi connectivity index (χ1) is 44.4. The van der Waals surface area contributed by atoms with Crippen LogP contribution in [-0.4, -0.2) is 150 Å². The summed E-state index contributed by atoms with van der Waals surface area (Å²) >= 11 is 0.